The van der Waals surface area contributed by atoms with Gasteiger partial charge >= 0.3 is 0 Å². The van der Waals surface area contributed by atoms with Crippen molar-refractivity contribution in [3.05, 3.63) is 69.5 Å². The monoisotopic (exact) mass is 380 g/mol. The van der Waals surface area contributed by atoms with Crippen LogP contribution in [0.2, 0.25) is 0 Å². The van der Waals surface area contributed by atoms with Gasteiger partial charge in [0.1, 0.15) is 5.82 Å². The molecule has 1 heterocycles. The van der Waals surface area contributed by atoms with Gasteiger partial charge in [-0.15, -0.1) is 0 Å². The molecule has 0 spiro atoms. The predicted octanol–water partition coefficient (Wildman–Crippen LogP) is 2.80. The summed E-state index contributed by atoms with van der Waals surface area (Å²) < 4.78 is 46.0. The molecule has 0 aliphatic carbocycles. The average molecular weight is 380 g/mol. The summed E-state index contributed by atoms with van der Waals surface area (Å²) in [6.45, 7) is 1.96. The molecule has 2 aromatic rings. The van der Waals surface area contributed by atoms with Crippen molar-refractivity contribution >= 4 is 15.7 Å². The van der Waals surface area contributed by atoms with Crippen molar-refractivity contribution in [2.45, 2.75) is 17.9 Å². The van der Waals surface area contributed by atoms with Gasteiger partial charge in [-0.2, -0.15) is 4.31 Å². The third-order valence-electron chi connectivity index (χ3n) is 4.27. The van der Waals surface area contributed by atoms with Crippen LogP contribution in [0.4, 0.5) is 10.1 Å². The van der Waals surface area contributed by atoms with Crippen LogP contribution in [0.5, 0.6) is 0 Å². The number of aryl methyl sites for hydroxylation is 1. The Hall–Kier alpha value is -2.36. The quantitative estimate of drug-likeness (QED) is 0.601. The first-order chi connectivity index (χ1) is 12.3. The van der Waals surface area contributed by atoms with Gasteiger partial charge in [-0.1, -0.05) is 18.2 Å². The molecule has 2 aromatic carbocycles. The fourth-order valence-electron chi connectivity index (χ4n) is 2.84. The van der Waals surface area contributed by atoms with Crippen molar-refractivity contribution in [1.29, 1.82) is 0 Å². The minimum Gasteiger partial charge on any atom is -0.371 e. The molecule has 3 rings (SSSR count). The number of hydrogen-bond donors (Lipinski definition) is 0. The van der Waals surface area contributed by atoms with Crippen molar-refractivity contribution in [3.8, 4) is 0 Å². The summed E-state index contributed by atoms with van der Waals surface area (Å²) in [4.78, 5) is 10.3. The summed E-state index contributed by atoms with van der Waals surface area (Å²) >= 11 is 0. The molecule has 0 amide bonds. The number of nitrogens with zero attached hydrogens (tertiary/aromatic N) is 2. The molecular formula is C17H17FN2O5S. The third kappa shape index (κ3) is 3.59. The van der Waals surface area contributed by atoms with E-state index in [4.69, 9.17) is 4.74 Å². The molecule has 0 aromatic heterocycles. The molecule has 0 radical (unpaired) electrons. The zero-order valence-corrected chi connectivity index (χ0v) is 14.8. The summed E-state index contributed by atoms with van der Waals surface area (Å²) in [6, 6.07) is 9.45. The Morgan fingerprint density at radius 1 is 1.23 bits per heavy atom. The number of halogens is 1. The number of ether oxygens (including phenoxy) is 1. The van der Waals surface area contributed by atoms with Crippen LogP contribution in [0.25, 0.3) is 0 Å². The summed E-state index contributed by atoms with van der Waals surface area (Å²) in [6.07, 6.45) is -0.530. The molecule has 0 saturated carbocycles. The fraction of sp³-hybridized carbons (Fsp3) is 0.294. The van der Waals surface area contributed by atoms with Crippen LogP contribution in [0.1, 0.15) is 17.2 Å². The number of hydrogen-bond acceptors (Lipinski definition) is 5. The second-order valence-corrected chi connectivity index (χ2v) is 7.89. The van der Waals surface area contributed by atoms with E-state index in [1.54, 1.807) is 19.1 Å². The van der Waals surface area contributed by atoms with Gasteiger partial charge in [-0.05, 0) is 30.2 Å². The maximum Gasteiger partial charge on any atom is 0.270 e. The van der Waals surface area contributed by atoms with E-state index in [1.165, 1.54) is 28.6 Å². The summed E-state index contributed by atoms with van der Waals surface area (Å²) in [5.74, 6) is -0.388. The highest BCUT2D eigenvalue weighted by atomic mass is 32.2. The van der Waals surface area contributed by atoms with E-state index in [0.717, 1.165) is 6.07 Å². The second-order valence-electron chi connectivity index (χ2n) is 5.98. The van der Waals surface area contributed by atoms with Crippen molar-refractivity contribution in [3.63, 3.8) is 0 Å². The zero-order chi connectivity index (χ0) is 18.9. The lowest BCUT2D eigenvalue weighted by molar-refractivity contribution is -0.385. The number of benzene rings is 2. The maximum atomic E-state index is 13.1. The normalized spacial score (nSPS) is 18.6. The van der Waals surface area contributed by atoms with Crippen LogP contribution < -0.4 is 0 Å². The van der Waals surface area contributed by atoms with E-state index in [0.29, 0.717) is 11.1 Å². The molecule has 0 bridgehead atoms. The SMILES string of the molecule is Cc1ccc([N+](=O)[O-])cc1S(=O)(=O)N1CCOC(c2ccc(F)cc2)C1. The summed E-state index contributed by atoms with van der Waals surface area (Å²) in [7, 11) is -3.92. The lowest BCUT2D eigenvalue weighted by atomic mass is 10.1. The molecule has 1 aliphatic heterocycles. The minimum atomic E-state index is -3.92. The minimum absolute atomic E-state index is 0.0517. The Balaban J connectivity index is 1.91. The summed E-state index contributed by atoms with van der Waals surface area (Å²) in [5.41, 5.74) is 0.819. The van der Waals surface area contributed by atoms with Gasteiger partial charge in [-0.3, -0.25) is 10.1 Å². The van der Waals surface area contributed by atoms with Crippen LogP contribution in [0.15, 0.2) is 47.4 Å². The number of rotatable bonds is 4. The van der Waals surface area contributed by atoms with Gasteiger partial charge in [0.2, 0.25) is 10.0 Å². The molecule has 1 atom stereocenters. The molecule has 0 N–H and O–H groups in total. The van der Waals surface area contributed by atoms with Crippen LogP contribution in [-0.4, -0.2) is 37.3 Å². The predicted molar refractivity (Wildman–Crippen MR) is 91.7 cm³/mol. The Morgan fingerprint density at radius 3 is 2.58 bits per heavy atom. The molecule has 9 heteroatoms. The number of non-ortho nitro benzene ring substituents is 1. The molecule has 7 nitrogen and oxygen atoms in total. The first kappa shape index (κ1) is 18.4. The standard InChI is InChI=1S/C17H17FN2O5S/c1-12-2-7-15(20(21)22)10-17(12)26(23,24)19-8-9-25-16(11-19)13-3-5-14(18)6-4-13/h2-7,10,16H,8-9,11H2,1H3. The smallest absolute Gasteiger partial charge is 0.270 e. The lowest BCUT2D eigenvalue weighted by Gasteiger charge is -2.32. The Labute approximate surface area is 150 Å². The van der Waals surface area contributed by atoms with E-state index in [2.05, 4.69) is 0 Å². The van der Waals surface area contributed by atoms with Gasteiger partial charge in [0.15, 0.2) is 0 Å². The molecule has 138 valence electrons. The molecule has 26 heavy (non-hydrogen) atoms. The van der Waals surface area contributed by atoms with E-state index in [1.807, 2.05) is 0 Å². The van der Waals surface area contributed by atoms with Gasteiger partial charge < -0.3 is 4.74 Å². The molecule has 1 unspecified atom stereocenters. The van der Waals surface area contributed by atoms with Crippen LogP contribution >= 0.6 is 0 Å². The van der Waals surface area contributed by atoms with Crippen LogP contribution in [-0.2, 0) is 14.8 Å². The largest absolute Gasteiger partial charge is 0.371 e. The van der Waals surface area contributed by atoms with Crippen LogP contribution in [0, 0.1) is 22.9 Å². The van der Waals surface area contributed by atoms with Crippen molar-refractivity contribution in [2.75, 3.05) is 19.7 Å². The lowest BCUT2D eigenvalue weighted by Crippen LogP contribution is -2.42. The molecule has 1 aliphatic rings. The van der Waals surface area contributed by atoms with Crippen molar-refractivity contribution < 1.29 is 22.5 Å². The van der Waals surface area contributed by atoms with Gasteiger partial charge in [0, 0.05) is 25.2 Å². The van der Waals surface area contributed by atoms with E-state index in [-0.39, 0.29) is 36.1 Å². The maximum absolute atomic E-state index is 13.1. The average Bonchev–Trinajstić information content (AvgIpc) is 2.62. The number of morpholine rings is 1. The highest BCUT2D eigenvalue weighted by molar-refractivity contribution is 7.89. The van der Waals surface area contributed by atoms with Gasteiger partial charge in [0.05, 0.1) is 22.5 Å². The summed E-state index contributed by atoms with van der Waals surface area (Å²) in [5, 5.41) is 11.0. The molecular weight excluding hydrogens is 363 g/mol. The van der Waals surface area contributed by atoms with E-state index >= 15 is 0 Å². The van der Waals surface area contributed by atoms with E-state index in [9.17, 15) is 22.9 Å². The van der Waals surface area contributed by atoms with Gasteiger partial charge in [0.25, 0.3) is 5.69 Å². The second kappa shape index (κ2) is 7.10. The topological polar surface area (TPSA) is 89.8 Å². The number of nitro benzene ring substituents is 1. The van der Waals surface area contributed by atoms with E-state index < -0.39 is 21.1 Å². The van der Waals surface area contributed by atoms with Crippen LogP contribution in [0.3, 0.4) is 0 Å². The third-order valence-corrected chi connectivity index (χ3v) is 6.28. The highest BCUT2D eigenvalue weighted by Crippen LogP contribution is 2.29. The zero-order valence-electron chi connectivity index (χ0n) is 14.0. The molecule has 1 saturated heterocycles. The van der Waals surface area contributed by atoms with Gasteiger partial charge in [-0.25, -0.2) is 12.8 Å². The Bertz CT molecular complexity index is 931. The first-order valence-corrected chi connectivity index (χ1v) is 9.35. The number of nitro groups is 1. The van der Waals surface area contributed by atoms with Crippen molar-refractivity contribution in [2.24, 2.45) is 0 Å². The fourth-order valence-corrected chi connectivity index (χ4v) is 4.51. The Kier molecular flexibility index (Phi) is 5.03. The number of sulfonamides is 1. The van der Waals surface area contributed by atoms with Crippen molar-refractivity contribution in [1.82, 2.24) is 4.31 Å². The first-order valence-electron chi connectivity index (χ1n) is 7.91. The molecule has 1 fully saturated rings. The Morgan fingerprint density at radius 2 is 1.92 bits per heavy atom. The highest BCUT2D eigenvalue weighted by Gasteiger charge is 2.33.